The van der Waals surface area contributed by atoms with Crippen molar-refractivity contribution in [3.8, 4) is 0 Å². The normalized spacial score (nSPS) is 22.1. The zero-order valence-corrected chi connectivity index (χ0v) is 10.8. The van der Waals surface area contributed by atoms with Gasteiger partial charge in [0.05, 0.1) is 6.54 Å². The van der Waals surface area contributed by atoms with Crippen LogP contribution in [0.25, 0.3) is 0 Å². The molecule has 1 aliphatic heterocycles. The predicted molar refractivity (Wildman–Crippen MR) is 67.7 cm³/mol. The minimum atomic E-state index is -0.396. The van der Waals surface area contributed by atoms with Crippen LogP contribution in [0.15, 0.2) is 16.5 Å². The van der Waals surface area contributed by atoms with Gasteiger partial charge in [0.2, 0.25) is 0 Å². The molecule has 1 saturated heterocycles. The molecule has 1 fully saturated rings. The fraction of sp³-hybridized carbons (Fsp3) is 0.583. The Kier molecular flexibility index (Phi) is 4.00. The summed E-state index contributed by atoms with van der Waals surface area (Å²) in [5.74, 6) is 5.72. The Hall–Kier alpha value is -1.37. The molecule has 100 valence electrons. The number of rotatable bonds is 3. The SMILES string of the molecule is CC1CN(C)CCN1Cc1ccc(C(=O)NN)o1. The number of nitrogen functional groups attached to an aromatic ring is 1. The topological polar surface area (TPSA) is 74.7 Å². The van der Waals surface area contributed by atoms with Crippen LogP contribution in [-0.4, -0.2) is 48.4 Å². The number of hydrogen-bond acceptors (Lipinski definition) is 5. The molecule has 0 saturated carbocycles. The number of piperazine rings is 1. The van der Waals surface area contributed by atoms with E-state index >= 15 is 0 Å². The predicted octanol–water partition coefficient (Wildman–Crippen LogP) is 0.0190. The van der Waals surface area contributed by atoms with Gasteiger partial charge in [-0.05, 0) is 26.1 Å². The van der Waals surface area contributed by atoms with Crippen LogP contribution < -0.4 is 11.3 Å². The van der Waals surface area contributed by atoms with Gasteiger partial charge in [-0.1, -0.05) is 0 Å². The van der Waals surface area contributed by atoms with Crippen LogP contribution in [0.2, 0.25) is 0 Å². The van der Waals surface area contributed by atoms with Gasteiger partial charge in [0.1, 0.15) is 5.76 Å². The molecular weight excluding hydrogens is 232 g/mol. The van der Waals surface area contributed by atoms with Gasteiger partial charge in [-0.3, -0.25) is 15.1 Å². The minimum absolute atomic E-state index is 0.259. The van der Waals surface area contributed by atoms with E-state index in [0.717, 1.165) is 31.9 Å². The second-order valence-corrected chi connectivity index (χ2v) is 4.82. The minimum Gasteiger partial charge on any atom is -0.455 e. The van der Waals surface area contributed by atoms with E-state index in [1.165, 1.54) is 0 Å². The number of carbonyl (C=O) groups is 1. The second kappa shape index (κ2) is 5.51. The van der Waals surface area contributed by atoms with Crippen molar-refractivity contribution in [2.45, 2.75) is 19.5 Å². The van der Waals surface area contributed by atoms with Gasteiger partial charge in [0.15, 0.2) is 5.76 Å². The van der Waals surface area contributed by atoms with Crippen LogP contribution in [0.5, 0.6) is 0 Å². The lowest BCUT2D eigenvalue weighted by Crippen LogP contribution is -2.49. The first kappa shape index (κ1) is 13.1. The first-order valence-electron chi connectivity index (χ1n) is 6.12. The van der Waals surface area contributed by atoms with Gasteiger partial charge in [-0.2, -0.15) is 0 Å². The van der Waals surface area contributed by atoms with Gasteiger partial charge in [0, 0.05) is 25.7 Å². The van der Waals surface area contributed by atoms with Crippen LogP contribution in [0.1, 0.15) is 23.2 Å². The fourth-order valence-electron chi connectivity index (χ4n) is 2.27. The van der Waals surface area contributed by atoms with Crippen molar-refractivity contribution in [2.24, 2.45) is 5.84 Å². The number of hydrogen-bond donors (Lipinski definition) is 2. The highest BCUT2D eigenvalue weighted by atomic mass is 16.4. The summed E-state index contributed by atoms with van der Waals surface area (Å²) in [5, 5.41) is 0. The fourth-order valence-corrected chi connectivity index (χ4v) is 2.27. The molecule has 0 spiro atoms. The Bertz CT molecular complexity index is 418. The molecule has 2 rings (SSSR count). The molecule has 6 heteroatoms. The Balaban J connectivity index is 1.97. The van der Waals surface area contributed by atoms with Gasteiger partial charge >= 0.3 is 5.91 Å². The van der Waals surface area contributed by atoms with Gasteiger partial charge in [0.25, 0.3) is 0 Å². The Morgan fingerprint density at radius 1 is 1.56 bits per heavy atom. The maximum atomic E-state index is 11.3. The summed E-state index contributed by atoms with van der Waals surface area (Å²) in [4.78, 5) is 15.9. The van der Waals surface area contributed by atoms with E-state index in [1.807, 2.05) is 6.07 Å². The van der Waals surface area contributed by atoms with Crippen LogP contribution >= 0.6 is 0 Å². The molecule has 18 heavy (non-hydrogen) atoms. The van der Waals surface area contributed by atoms with E-state index in [2.05, 4.69) is 29.2 Å². The number of nitrogens with zero attached hydrogens (tertiary/aromatic N) is 2. The van der Waals surface area contributed by atoms with Crippen LogP contribution in [0.3, 0.4) is 0 Å². The Morgan fingerprint density at radius 2 is 2.33 bits per heavy atom. The molecule has 1 aliphatic rings. The molecule has 1 atom stereocenters. The number of carbonyl (C=O) groups excluding carboxylic acids is 1. The summed E-state index contributed by atoms with van der Waals surface area (Å²) in [5.41, 5.74) is 2.06. The van der Waals surface area contributed by atoms with Crippen LogP contribution in [-0.2, 0) is 6.54 Å². The number of nitrogens with two attached hydrogens (primary N) is 1. The van der Waals surface area contributed by atoms with E-state index in [1.54, 1.807) is 6.07 Å². The second-order valence-electron chi connectivity index (χ2n) is 4.82. The maximum Gasteiger partial charge on any atom is 0.300 e. The quantitative estimate of drug-likeness (QED) is 0.450. The molecule has 1 unspecified atom stereocenters. The number of hydrazine groups is 1. The molecule has 0 aromatic carbocycles. The van der Waals surface area contributed by atoms with Crippen molar-refractivity contribution in [3.05, 3.63) is 23.7 Å². The van der Waals surface area contributed by atoms with Crippen molar-refractivity contribution < 1.29 is 9.21 Å². The molecule has 3 N–H and O–H groups in total. The van der Waals surface area contributed by atoms with Crippen molar-refractivity contribution in [1.29, 1.82) is 0 Å². The number of furan rings is 1. The van der Waals surface area contributed by atoms with Crippen molar-refractivity contribution in [2.75, 3.05) is 26.7 Å². The molecule has 1 aromatic rings. The molecule has 2 heterocycles. The summed E-state index contributed by atoms with van der Waals surface area (Å²) in [6, 6.07) is 3.97. The van der Waals surface area contributed by atoms with Gasteiger partial charge in [-0.15, -0.1) is 0 Å². The monoisotopic (exact) mass is 252 g/mol. The van der Waals surface area contributed by atoms with E-state index in [0.29, 0.717) is 6.04 Å². The molecule has 0 radical (unpaired) electrons. The van der Waals surface area contributed by atoms with Crippen molar-refractivity contribution in [3.63, 3.8) is 0 Å². The standard InChI is InChI=1S/C12H20N4O2/c1-9-7-15(2)5-6-16(9)8-10-3-4-11(18-10)12(17)14-13/h3-4,9H,5-8,13H2,1-2H3,(H,14,17). The summed E-state index contributed by atoms with van der Waals surface area (Å²) >= 11 is 0. The lowest BCUT2D eigenvalue weighted by Gasteiger charge is -2.37. The van der Waals surface area contributed by atoms with E-state index in [4.69, 9.17) is 10.3 Å². The van der Waals surface area contributed by atoms with Crippen LogP contribution in [0, 0.1) is 0 Å². The summed E-state index contributed by atoms with van der Waals surface area (Å²) < 4.78 is 5.47. The first-order chi connectivity index (χ1) is 8.60. The highest BCUT2D eigenvalue weighted by Gasteiger charge is 2.22. The summed E-state index contributed by atoms with van der Waals surface area (Å²) in [7, 11) is 2.13. The summed E-state index contributed by atoms with van der Waals surface area (Å²) in [6.07, 6.45) is 0. The maximum absolute atomic E-state index is 11.3. The third-order valence-electron chi connectivity index (χ3n) is 3.34. The smallest absolute Gasteiger partial charge is 0.300 e. The Morgan fingerprint density at radius 3 is 3.00 bits per heavy atom. The first-order valence-corrected chi connectivity index (χ1v) is 6.12. The summed E-state index contributed by atoms with van der Waals surface area (Å²) in [6.45, 7) is 6.05. The molecular formula is C12H20N4O2. The highest BCUT2D eigenvalue weighted by Crippen LogP contribution is 2.15. The molecule has 1 amide bonds. The third kappa shape index (κ3) is 2.90. The van der Waals surface area contributed by atoms with E-state index in [9.17, 15) is 4.79 Å². The van der Waals surface area contributed by atoms with Gasteiger partial charge in [-0.25, -0.2) is 5.84 Å². The third-order valence-corrected chi connectivity index (χ3v) is 3.34. The average molecular weight is 252 g/mol. The Labute approximate surface area is 107 Å². The molecule has 0 bridgehead atoms. The molecule has 1 aromatic heterocycles. The van der Waals surface area contributed by atoms with Crippen molar-refractivity contribution >= 4 is 5.91 Å². The largest absolute Gasteiger partial charge is 0.455 e. The van der Waals surface area contributed by atoms with Crippen LogP contribution in [0.4, 0.5) is 0 Å². The zero-order chi connectivity index (χ0) is 13.1. The lowest BCUT2D eigenvalue weighted by atomic mass is 10.2. The van der Waals surface area contributed by atoms with E-state index < -0.39 is 5.91 Å². The average Bonchev–Trinajstić information content (AvgIpc) is 2.80. The molecule has 0 aliphatic carbocycles. The van der Waals surface area contributed by atoms with Crippen molar-refractivity contribution in [1.82, 2.24) is 15.2 Å². The number of amides is 1. The zero-order valence-electron chi connectivity index (χ0n) is 10.8. The number of likely N-dealkylation sites (N-methyl/N-ethyl adjacent to an activating group) is 1. The molecule has 6 nitrogen and oxygen atoms in total. The van der Waals surface area contributed by atoms with Gasteiger partial charge < -0.3 is 9.32 Å². The highest BCUT2D eigenvalue weighted by molar-refractivity contribution is 5.90. The van der Waals surface area contributed by atoms with E-state index in [-0.39, 0.29) is 5.76 Å². The lowest BCUT2D eigenvalue weighted by molar-refractivity contribution is 0.0845. The number of nitrogens with one attached hydrogen (secondary N) is 1.